The van der Waals surface area contributed by atoms with E-state index in [0.29, 0.717) is 19.7 Å². The van der Waals surface area contributed by atoms with E-state index in [1.54, 1.807) is 0 Å². The van der Waals surface area contributed by atoms with Crippen LogP contribution < -0.4 is 10.1 Å². The van der Waals surface area contributed by atoms with E-state index >= 15 is 0 Å². The Morgan fingerprint density at radius 3 is 2.52 bits per heavy atom. The molecule has 0 aromatic heterocycles. The minimum atomic E-state index is -3.17. The van der Waals surface area contributed by atoms with E-state index in [0.717, 1.165) is 20.3 Å². The second-order valence-electron chi connectivity index (χ2n) is 4.58. The van der Waals surface area contributed by atoms with Crippen LogP contribution in [0.15, 0.2) is 21.1 Å². The summed E-state index contributed by atoms with van der Waals surface area (Å²) in [5.41, 5.74) is 0.973. The first kappa shape index (κ1) is 18.9. The predicted octanol–water partition coefficient (Wildman–Crippen LogP) is 2.59. The Labute approximate surface area is 143 Å². The van der Waals surface area contributed by atoms with Gasteiger partial charge in [0.2, 0.25) is 10.0 Å². The van der Waals surface area contributed by atoms with Crippen molar-refractivity contribution in [2.45, 2.75) is 13.5 Å². The largest absolute Gasteiger partial charge is 0.492 e. The smallest absolute Gasteiger partial charge is 0.214 e. The second kappa shape index (κ2) is 8.47. The maximum atomic E-state index is 11.7. The highest BCUT2D eigenvalue weighted by molar-refractivity contribution is 9.11. The number of nitrogens with zero attached hydrogens (tertiary/aromatic N) is 1. The molecule has 0 aliphatic rings. The van der Waals surface area contributed by atoms with Crippen molar-refractivity contribution in [2.75, 3.05) is 33.0 Å². The van der Waals surface area contributed by atoms with Gasteiger partial charge >= 0.3 is 0 Å². The van der Waals surface area contributed by atoms with Crippen LogP contribution in [-0.2, 0) is 16.6 Å². The maximum absolute atomic E-state index is 11.7. The summed E-state index contributed by atoms with van der Waals surface area (Å²) >= 11 is 6.92. The molecule has 1 aromatic carbocycles. The van der Waals surface area contributed by atoms with Crippen LogP contribution in [0.2, 0.25) is 0 Å². The lowest BCUT2D eigenvalue weighted by molar-refractivity contribution is 0.333. The van der Waals surface area contributed by atoms with E-state index < -0.39 is 10.0 Å². The molecule has 0 saturated carbocycles. The fourth-order valence-corrected chi connectivity index (χ4v) is 3.85. The molecule has 0 aliphatic heterocycles. The zero-order chi connectivity index (χ0) is 16.0. The molecule has 120 valence electrons. The number of sulfonamides is 1. The average molecular weight is 444 g/mol. The lowest BCUT2D eigenvalue weighted by Gasteiger charge is -2.15. The lowest BCUT2D eigenvalue weighted by Crippen LogP contribution is -2.31. The van der Waals surface area contributed by atoms with Crippen LogP contribution in [0.1, 0.15) is 12.5 Å². The summed E-state index contributed by atoms with van der Waals surface area (Å²) in [6.45, 7) is 3.42. The molecular weight excluding hydrogens is 424 g/mol. The third kappa shape index (κ3) is 5.86. The summed E-state index contributed by atoms with van der Waals surface area (Å²) in [7, 11) is -0.0969. The van der Waals surface area contributed by atoms with Crippen LogP contribution >= 0.6 is 31.9 Å². The van der Waals surface area contributed by atoms with Gasteiger partial charge in [0.15, 0.2) is 0 Å². The van der Waals surface area contributed by atoms with Gasteiger partial charge in [0.25, 0.3) is 0 Å². The standard InChI is InChI=1S/C13H20Br2N2O3S/c1-4-20-13-10(7-11(14)8-12(13)15)9-16-5-6-21(18,19)17(2)3/h7-8,16H,4-6,9H2,1-3H3. The second-order valence-corrected chi connectivity index (χ2v) is 8.66. The van der Waals surface area contributed by atoms with Crippen LogP contribution in [0, 0.1) is 0 Å². The number of nitrogens with one attached hydrogen (secondary N) is 1. The minimum Gasteiger partial charge on any atom is -0.492 e. The number of rotatable bonds is 8. The Hall–Kier alpha value is -0.150. The van der Waals surface area contributed by atoms with Crippen LogP contribution in [0.4, 0.5) is 0 Å². The van der Waals surface area contributed by atoms with E-state index in [9.17, 15) is 8.42 Å². The zero-order valence-corrected chi connectivity index (χ0v) is 16.3. The maximum Gasteiger partial charge on any atom is 0.214 e. The molecule has 1 aromatic rings. The first-order valence-corrected chi connectivity index (χ1v) is 9.69. The van der Waals surface area contributed by atoms with E-state index in [4.69, 9.17) is 4.74 Å². The van der Waals surface area contributed by atoms with E-state index in [1.165, 1.54) is 18.4 Å². The highest BCUT2D eigenvalue weighted by Gasteiger charge is 2.13. The number of hydrogen-bond acceptors (Lipinski definition) is 4. The molecule has 0 amide bonds. The number of halogens is 2. The molecule has 0 radical (unpaired) electrons. The van der Waals surface area contributed by atoms with Crippen molar-refractivity contribution in [3.63, 3.8) is 0 Å². The number of ether oxygens (including phenoxy) is 1. The van der Waals surface area contributed by atoms with Crippen LogP contribution in [-0.4, -0.2) is 45.7 Å². The average Bonchev–Trinajstić information content (AvgIpc) is 2.38. The zero-order valence-electron chi connectivity index (χ0n) is 12.3. The highest BCUT2D eigenvalue weighted by Crippen LogP contribution is 2.32. The van der Waals surface area contributed by atoms with Crippen LogP contribution in [0.25, 0.3) is 0 Å². The molecule has 5 nitrogen and oxygen atoms in total. The summed E-state index contributed by atoms with van der Waals surface area (Å²) in [5, 5.41) is 3.14. The van der Waals surface area contributed by atoms with Crippen LogP contribution in [0.3, 0.4) is 0 Å². The first-order chi connectivity index (χ1) is 9.77. The molecule has 0 heterocycles. The van der Waals surface area contributed by atoms with Crippen molar-refractivity contribution in [2.24, 2.45) is 0 Å². The van der Waals surface area contributed by atoms with E-state index in [2.05, 4.69) is 37.2 Å². The number of benzene rings is 1. The molecule has 0 fully saturated rings. The Bertz CT molecular complexity index is 577. The van der Waals surface area contributed by atoms with Crippen molar-refractivity contribution >= 4 is 41.9 Å². The van der Waals surface area contributed by atoms with Crippen molar-refractivity contribution in [3.8, 4) is 5.75 Å². The third-order valence-electron chi connectivity index (χ3n) is 2.78. The van der Waals surface area contributed by atoms with Gasteiger partial charge in [-0.2, -0.15) is 0 Å². The van der Waals surface area contributed by atoms with Gasteiger partial charge in [0.1, 0.15) is 5.75 Å². The molecule has 0 spiro atoms. The Morgan fingerprint density at radius 1 is 1.29 bits per heavy atom. The lowest BCUT2D eigenvalue weighted by atomic mass is 10.2. The summed E-state index contributed by atoms with van der Waals surface area (Å²) in [4.78, 5) is 0. The van der Waals surface area contributed by atoms with Crippen molar-refractivity contribution in [3.05, 3.63) is 26.6 Å². The Morgan fingerprint density at radius 2 is 1.95 bits per heavy atom. The van der Waals surface area contributed by atoms with Gasteiger partial charge in [-0.1, -0.05) is 15.9 Å². The molecule has 0 unspecified atom stereocenters. The van der Waals surface area contributed by atoms with Gasteiger partial charge < -0.3 is 10.1 Å². The molecule has 0 saturated heterocycles. The van der Waals surface area contributed by atoms with Gasteiger partial charge in [-0.05, 0) is 35.0 Å². The first-order valence-electron chi connectivity index (χ1n) is 6.49. The summed E-state index contributed by atoms with van der Waals surface area (Å²) in [6, 6.07) is 3.88. The van der Waals surface area contributed by atoms with Gasteiger partial charge in [0, 0.05) is 37.2 Å². The fourth-order valence-electron chi connectivity index (χ4n) is 1.66. The van der Waals surface area contributed by atoms with Crippen LogP contribution in [0.5, 0.6) is 5.75 Å². The molecule has 21 heavy (non-hydrogen) atoms. The predicted molar refractivity (Wildman–Crippen MR) is 92.2 cm³/mol. The molecule has 0 aliphatic carbocycles. The van der Waals surface area contributed by atoms with Gasteiger partial charge in [0.05, 0.1) is 16.8 Å². The summed E-state index contributed by atoms with van der Waals surface area (Å²) < 4.78 is 32.0. The molecule has 0 bridgehead atoms. The normalized spacial score (nSPS) is 11.9. The van der Waals surface area contributed by atoms with Gasteiger partial charge in [-0.3, -0.25) is 0 Å². The third-order valence-corrected chi connectivity index (χ3v) is 5.66. The SMILES string of the molecule is CCOc1c(Br)cc(Br)cc1CNCCS(=O)(=O)N(C)C. The van der Waals surface area contributed by atoms with Gasteiger partial charge in [-0.25, -0.2) is 12.7 Å². The summed E-state index contributed by atoms with van der Waals surface area (Å²) in [5.74, 6) is 0.850. The molecular formula is C13H20Br2N2O3S. The molecule has 8 heteroatoms. The Balaban J connectivity index is 2.67. The summed E-state index contributed by atoms with van der Waals surface area (Å²) in [6.07, 6.45) is 0. The molecule has 1 N–H and O–H groups in total. The minimum absolute atomic E-state index is 0.0686. The topological polar surface area (TPSA) is 58.6 Å². The Kier molecular flexibility index (Phi) is 7.63. The van der Waals surface area contributed by atoms with Gasteiger partial charge in [-0.15, -0.1) is 0 Å². The van der Waals surface area contributed by atoms with Crippen molar-refractivity contribution in [1.29, 1.82) is 0 Å². The molecule has 0 atom stereocenters. The monoisotopic (exact) mass is 442 g/mol. The van der Waals surface area contributed by atoms with E-state index in [1.807, 2.05) is 19.1 Å². The highest BCUT2D eigenvalue weighted by atomic mass is 79.9. The molecule has 1 rings (SSSR count). The van der Waals surface area contributed by atoms with E-state index in [-0.39, 0.29) is 5.75 Å². The van der Waals surface area contributed by atoms with Crippen molar-refractivity contribution < 1.29 is 13.2 Å². The quantitative estimate of drug-likeness (QED) is 0.627. The van der Waals surface area contributed by atoms with Crippen molar-refractivity contribution in [1.82, 2.24) is 9.62 Å². The number of hydrogen-bond donors (Lipinski definition) is 1. The fraction of sp³-hybridized carbons (Fsp3) is 0.538.